The molecule has 1 aromatic heterocycles. The van der Waals surface area contributed by atoms with Crippen LogP contribution in [-0.4, -0.2) is 49.4 Å². The number of fused-ring (bicyclic) bond motifs is 3. The number of ether oxygens (including phenoxy) is 1. The van der Waals surface area contributed by atoms with Crippen molar-refractivity contribution in [2.75, 3.05) is 0 Å². The fourth-order valence-electron chi connectivity index (χ4n) is 5.90. The Hall–Kier alpha value is -2.60. The highest BCUT2D eigenvalue weighted by atomic mass is 16.6. The summed E-state index contributed by atoms with van der Waals surface area (Å²) in [5.41, 5.74) is 4.12. The van der Waals surface area contributed by atoms with E-state index in [2.05, 4.69) is 40.4 Å². The highest BCUT2D eigenvalue weighted by molar-refractivity contribution is 5.71. The number of carbonyl (C=O) groups is 1. The number of imidazole rings is 1. The molecule has 1 aromatic carbocycles. The summed E-state index contributed by atoms with van der Waals surface area (Å²) in [5.74, 6) is 0.307. The van der Waals surface area contributed by atoms with Crippen LogP contribution in [0, 0.1) is 11.8 Å². The van der Waals surface area contributed by atoms with E-state index in [0.717, 1.165) is 30.5 Å². The van der Waals surface area contributed by atoms with E-state index in [1.807, 2.05) is 45.1 Å². The molecule has 3 heterocycles. The fraction of sp³-hybridized carbons (Fsp3) is 0.538. The van der Waals surface area contributed by atoms with Gasteiger partial charge in [-0.15, -0.1) is 0 Å². The third-order valence-electron chi connectivity index (χ3n) is 7.50. The SMILES string of the molecule is C=C1C[C@@H](CC2C[C@H]([C@@H]3c4ccccc4-c4cncn43)[C@H]2O)N(C(=O)OC(C)(C)C)[C@H]1C. The van der Waals surface area contributed by atoms with Gasteiger partial charge in [0.05, 0.1) is 36.4 Å². The molecule has 0 bridgehead atoms. The van der Waals surface area contributed by atoms with Crippen LogP contribution in [0.25, 0.3) is 11.3 Å². The van der Waals surface area contributed by atoms with Crippen LogP contribution in [0.3, 0.4) is 0 Å². The lowest BCUT2D eigenvalue weighted by Gasteiger charge is -2.46. The maximum atomic E-state index is 12.9. The van der Waals surface area contributed by atoms with Crippen LogP contribution >= 0.6 is 0 Å². The molecular formula is C26H33N3O3. The zero-order valence-electron chi connectivity index (χ0n) is 19.4. The quantitative estimate of drug-likeness (QED) is 0.704. The van der Waals surface area contributed by atoms with E-state index in [4.69, 9.17) is 4.74 Å². The number of nitrogens with zero attached hydrogens (tertiary/aromatic N) is 3. The Bertz CT molecular complexity index is 1050. The molecule has 1 aliphatic carbocycles. The van der Waals surface area contributed by atoms with Gasteiger partial charge in [-0.1, -0.05) is 36.4 Å². The summed E-state index contributed by atoms with van der Waals surface area (Å²) < 4.78 is 7.89. The van der Waals surface area contributed by atoms with Gasteiger partial charge < -0.3 is 14.4 Å². The van der Waals surface area contributed by atoms with Gasteiger partial charge in [-0.25, -0.2) is 9.78 Å². The minimum Gasteiger partial charge on any atom is -0.444 e. The Morgan fingerprint density at radius 1 is 1.31 bits per heavy atom. The Balaban J connectivity index is 1.31. The number of likely N-dealkylation sites (tertiary alicyclic amines) is 1. The Morgan fingerprint density at radius 3 is 2.78 bits per heavy atom. The average Bonchev–Trinajstić information content (AvgIpc) is 3.38. The zero-order chi connectivity index (χ0) is 22.8. The molecule has 1 amide bonds. The lowest BCUT2D eigenvalue weighted by Crippen LogP contribution is -2.50. The van der Waals surface area contributed by atoms with E-state index >= 15 is 0 Å². The molecule has 6 nitrogen and oxygen atoms in total. The van der Waals surface area contributed by atoms with Crippen molar-refractivity contribution in [3.63, 3.8) is 0 Å². The lowest BCUT2D eigenvalue weighted by molar-refractivity contribution is -0.0700. The highest BCUT2D eigenvalue weighted by Crippen LogP contribution is 2.52. The largest absolute Gasteiger partial charge is 0.444 e. The number of hydrogen-bond donors (Lipinski definition) is 1. The van der Waals surface area contributed by atoms with Gasteiger partial charge >= 0.3 is 6.09 Å². The first-order valence-electron chi connectivity index (χ1n) is 11.6. The number of carbonyl (C=O) groups excluding carboxylic acids is 1. The average molecular weight is 436 g/mol. The Labute approximate surface area is 189 Å². The van der Waals surface area contributed by atoms with Crippen molar-refractivity contribution in [3.8, 4) is 11.3 Å². The van der Waals surface area contributed by atoms with Gasteiger partial charge in [0.2, 0.25) is 0 Å². The lowest BCUT2D eigenvalue weighted by atomic mass is 9.65. The van der Waals surface area contributed by atoms with E-state index < -0.39 is 11.7 Å². The predicted molar refractivity (Wildman–Crippen MR) is 123 cm³/mol. The van der Waals surface area contributed by atoms with Gasteiger partial charge in [0, 0.05) is 17.5 Å². The molecular weight excluding hydrogens is 402 g/mol. The summed E-state index contributed by atoms with van der Waals surface area (Å²) in [5, 5.41) is 11.2. The van der Waals surface area contributed by atoms with Crippen molar-refractivity contribution >= 4 is 6.09 Å². The van der Waals surface area contributed by atoms with E-state index in [9.17, 15) is 9.90 Å². The van der Waals surface area contributed by atoms with Crippen LogP contribution in [0.15, 0.2) is 48.9 Å². The molecule has 1 saturated heterocycles. The maximum absolute atomic E-state index is 12.9. The van der Waals surface area contributed by atoms with Crippen molar-refractivity contribution in [3.05, 3.63) is 54.5 Å². The minimum absolute atomic E-state index is 0.0209. The number of rotatable bonds is 3. The maximum Gasteiger partial charge on any atom is 0.411 e. The zero-order valence-corrected chi connectivity index (χ0v) is 19.4. The molecule has 32 heavy (non-hydrogen) atoms. The number of hydrogen-bond acceptors (Lipinski definition) is 4. The predicted octanol–water partition coefficient (Wildman–Crippen LogP) is 4.79. The summed E-state index contributed by atoms with van der Waals surface area (Å²) in [6, 6.07) is 8.52. The fourth-order valence-corrected chi connectivity index (χ4v) is 5.90. The monoisotopic (exact) mass is 435 g/mol. The summed E-state index contributed by atoms with van der Waals surface area (Å²) in [6.45, 7) is 11.9. The van der Waals surface area contributed by atoms with Crippen molar-refractivity contribution < 1.29 is 14.6 Å². The normalized spacial score (nSPS) is 31.3. The molecule has 6 heteroatoms. The molecule has 0 radical (unpaired) electrons. The van der Waals surface area contributed by atoms with Crippen LogP contribution in [0.5, 0.6) is 0 Å². The molecule has 2 aromatic rings. The van der Waals surface area contributed by atoms with Crippen molar-refractivity contribution in [2.45, 2.75) is 76.8 Å². The number of aliphatic hydroxyl groups is 1. The van der Waals surface area contributed by atoms with Crippen LogP contribution < -0.4 is 0 Å². The molecule has 170 valence electrons. The second kappa shape index (κ2) is 7.48. The standard InChI is InChI=1S/C26H33N3O3/c1-15-10-18(29(16(15)2)25(31)32-26(3,4)5)11-17-12-21(24(17)30)23-20-9-7-6-8-19(20)22-13-27-14-28(22)23/h6-9,13-14,16-18,21,23-24,30H,1,10-12H2,2-5H3/t16-,17?,18-,21+,23-,24-/m0/s1. The second-order valence-electron chi connectivity index (χ2n) is 10.7. The first-order chi connectivity index (χ1) is 15.2. The van der Waals surface area contributed by atoms with Gasteiger partial charge in [0.25, 0.3) is 0 Å². The van der Waals surface area contributed by atoms with Crippen LogP contribution in [0.2, 0.25) is 0 Å². The second-order valence-corrected chi connectivity index (χ2v) is 10.7. The topological polar surface area (TPSA) is 67.6 Å². The number of amides is 1. The summed E-state index contributed by atoms with van der Waals surface area (Å²) in [4.78, 5) is 19.1. The summed E-state index contributed by atoms with van der Waals surface area (Å²) in [7, 11) is 0. The molecule has 3 aliphatic rings. The molecule has 2 fully saturated rings. The third kappa shape index (κ3) is 3.36. The van der Waals surface area contributed by atoms with Gasteiger partial charge in [-0.05, 0) is 58.4 Å². The number of aliphatic hydroxyl groups excluding tert-OH is 1. The Kier molecular flexibility index (Phi) is 4.97. The van der Waals surface area contributed by atoms with E-state index in [1.54, 1.807) is 0 Å². The molecule has 1 unspecified atom stereocenters. The number of aromatic nitrogens is 2. The summed E-state index contributed by atoms with van der Waals surface area (Å²) in [6.07, 6.45) is 5.56. The van der Waals surface area contributed by atoms with Crippen molar-refractivity contribution in [1.82, 2.24) is 14.5 Å². The molecule has 6 atom stereocenters. The number of benzene rings is 1. The van der Waals surface area contributed by atoms with E-state index in [-0.39, 0.29) is 36.1 Å². The molecule has 1 saturated carbocycles. The first-order valence-corrected chi connectivity index (χ1v) is 11.6. The summed E-state index contributed by atoms with van der Waals surface area (Å²) >= 11 is 0. The third-order valence-corrected chi connectivity index (χ3v) is 7.50. The van der Waals surface area contributed by atoms with Crippen LogP contribution in [-0.2, 0) is 4.74 Å². The molecule has 5 rings (SSSR count). The van der Waals surface area contributed by atoms with Gasteiger partial charge in [0.1, 0.15) is 5.60 Å². The first kappa shape index (κ1) is 21.3. The van der Waals surface area contributed by atoms with Crippen LogP contribution in [0.1, 0.15) is 58.6 Å². The highest BCUT2D eigenvalue weighted by Gasteiger charge is 2.50. The smallest absolute Gasteiger partial charge is 0.411 e. The van der Waals surface area contributed by atoms with Gasteiger partial charge in [-0.2, -0.15) is 0 Å². The minimum atomic E-state index is -0.537. The van der Waals surface area contributed by atoms with Crippen molar-refractivity contribution in [2.24, 2.45) is 11.8 Å². The van der Waals surface area contributed by atoms with Crippen molar-refractivity contribution in [1.29, 1.82) is 0 Å². The van der Waals surface area contributed by atoms with Crippen LogP contribution in [0.4, 0.5) is 4.79 Å². The Morgan fingerprint density at radius 2 is 2.06 bits per heavy atom. The van der Waals surface area contributed by atoms with Gasteiger partial charge in [-0.3, -0.25) is 4.90 Å². The van der Waals surface area contributed by atoms with E-state index in [0.29, 0.717) is 0 Å². The molecule has 1 N–H and O–H groups in total. The molecule has 0 spiro atoms. The van der Waals surface area contributed by atoms with E-state index in [1.165, 1.54) is 11.1 Å². The molecule has 2 aliphatic heterocycles. The van der Waals surface area contributed by atoms with Gasteiger partial charge in [0.15, 0.2) is 0 Å².